The number of carbonyl (C=O) groups excluding carboxylic acids is 1. The Kier molecular flexibility index (Phi) is 4.55. The van der Waals surface area contributed by atoms with Crippen molar-refractivity contribution in [2.45, 2.75) is 6.92 Å². The summed E-state index contributed by atoms with van der Waals surface area (Å²) in [7, 11) is 3.70. The van der Waals surface area contributed by atoms with E-state index < -0.39 is 0 Å². The van der Waals surface area contributed by atoms with Crippen LogP contribution in [0.4, 0.5) is 0 Å². The predicted molar refractivity (Wildman–Crippen MR) is 74.2 cm³/mol. The Hall–Kier alpha value is -1.40. The Balaban J connectivity index is 1.86. The summed E-state index contributed by atoms with van der Waals surface area (Å²) < 4.78 is 1.69. The molecule has 1 aliphatic rings. The van der Waals surface area contributed by atoms with Crippen molar-refractivity contribution in [1.29, 1.82) is 0 Å². The first-order chi connectivity index (χ1) is 9.08. The molecule has 0 atom stereocenters. The van der Waals surface area contributed by atoms with Crippen LogP contribution in [-0.4, -0.2) is 71.8 Å². The summed E-state index contributed by atoms with van der Waals surface area (Å²) in [6.07, 6.45) is 1.79. The number of likely N-dealkylation sites (N-methyl/N-ethyl adjacent to an activating group) is 1. The van der Waals surface area contributed by atoms with Crippen LogP contribution in [0.3, 0.4) is 0 Å². The summed E-state index contributed by atoms with van der Waals surface area (Å²) in [5.74, 6) is 0.0562. The molecule has 1 aromatic heterocycles. The lowest BCUT2D eigenvalue weighted by Crippen LogP contribution is -2.46. The van der Waals surface area contributed by atoms with Crippen LogP contribution in [0, 0.1) is 6.92 Å². The average molecular weight is 265 g/mol. The maximum absolute atomic E-state index is 12.3. The molecule has 0 aliphatic carbocycles. The van der Waals surface area contributed by atoms with Gasteiger partial charge in [-0.05, 0) is 6.92 Å². The molecular formula is C13H23N5O. The Morgan fingerprint density at radius 2 is 2.16 bits per heavy atom. The van der Waals surface area contributed by atoms with Gasteiger partial charge < -0.3 is 10.2 Å². The minimum absolute atomic E-state index is 0.0562. The van der Waals surface area contributed by atoms with Crippen LogP contribution < -0.4 is 5.32 Å². The van der Waals surface area contributed by atoms with Gasteiger partial charge in [0, 0.05) is 59.6 Å². The molecule has 19 heavy (non-hydrogen) atoms. The van der Waals surface area contributed by atoms with E-state index in [2.05, 4.69) is 15.3 Å². The van der Waals surface area contributed by atoms with Crippen molar-refractivity contribution in [3.63, 3.8) is 0 Å². The molecule has 106 valence electrons. The minimum Gasteiger partial charge on any atom is -0.340 e. The van der Waals surface area contributed by atoms with E-state index in [-0.39, 0.29) is 5.91 Å². The van der Waals surface area contributed by atoms with Crippen molar-refractivity contribution >= 4 is 5.91 Å². The monoisotopic (exact) mass is 265 g/mol. The fourth-order valence-corrected chi connectivity index (χ4v) is 2.34. The van der Waals surface area contributed by atoms with E-state index in [0.717, 1.165) is 45.0 Å². The topological polar surface area (TPSA) is 53.4 Å². The standard InChI is InChI=1S/C13H23N5O/c1-11-12(10-17(3)15-11)13(19)16(2)8-9-18-6-4-14-5-7-18/h10,14H,4-9H2,1-3H3. The first-order valence-corrected chi connectivity index (χ1v) is 6.76. The quantitative estimate of drug-likeness (QED) is 0.812. The van der Waals surface area contributed by atoms with Crippen molar-refractivity contribution in [1.82, 2.24) is 24.9 Å². The Bertz CT molecular complexity index is 436. The van der Waals surface area contributed by atoms with Crippen LogP contribution in [0.25, 0.3) is 0 Å². The van der Waals surface area contributed by atoms with Crippen LogP contribution in [-0.2, 0) is 7.05 Å². The number of nitrogens with one attached hydrogen (secondary N) is 1. The van der Waals surface area contributed by atoms with Crippen molar-refractivity contribution in [2.75, 3.05) is 46.3 Å². The van der Waals surface area contributed by atoms with Crippen molar-refractivity contribution in [3.8, 4) is 0 Å². The van der Waals surface area contributed by atoms with Gasteiger partial charge in [0.15, 0.2) is 0 Å². The third kappa shape index (κ3) is 3.54. The predicted octanol–water partition coefficient (Wildman–Crippen LogP) is -0.294. The zero-order valence-electron chi connectivity index (χ0n) is 12.0. The summed E-state index contributed by atoms with van der Waals surface area (Å²) in [6.45, 7) is 7.77. The number of hydrogen-bond donors (Lipinski definition) is 1. The molecule has 1 saturated heterocycles. The van der Waals surface area contributed by atoms with Gasteiger partial charge in [0.2, 0.25) is 0 Å². The molecule has 1 fully saturated rings. The van der Waals surface area contributed by atoms with Crippen LogP contribution >= 0.6 is 0 Å². The van der Waals surface area contributed by atoms with E-state index in [1.807, 2.05) is 21.0 Å². The molecule has 1 aromatic rings. The van der Waals surface area contributed by atoms with Crippen LogP contribution in [0.2, 0.25) is 0 Å². The lowest BCUT2D eigenvalue weighted by atomic mass is 10.2. The lowest BCUT2D eigenvalue weighted by molar-refractivity contribution is 0.0774. The minimum atomic E-state index is 0.0562. The van der Waals surface area contributed by atoms with Crippen molar-refractivity contribution in [2.24, 2.45) is 7.05 Å². The summed E-state index contributed by atoms with van der Waals surface area (Å²) in [4.78, 5) is 16.5. The molecule has 1 amide bonds. The van der Waals surface area contributed by atoms with Gasteiger partial charge in [0.25, 0.3) is 5.91 Å². The molecule has 0 radical (unpaired) electrons. The SMILES string of the molecule is Cc1nn(C)cc1C(=O)N(C)CCN1CCNCC1. The Morgan fingerprint density at radius 3 is 2.74 bits per heavy atom. The first kappa shape index (κ1) is 14.0. The summed E-state index contributed by atoms with van der Waals surface area (Å²) in [5, 5.41) is 7.54. The second-order valence-electron chi connectivity index (χ2n) is 5.12. The molecule has 2 heterocycles. The number of hydrogen-bond acceptors (Lipinski definition) is 4. The van der Waals surface area contributed by atoms with Gasteiger partial charge in [-0.25, -0.2) is 0 Å². The Labute approximate surface area is 114 Å². The molecule has 0 aromatic carbocycles. The zero-order valence-corrected chi connectivity index (χ0v) is 12.0. The van der Waals surface area contributed by atoms with Gasteiger partial charge in [-0.1, -0.05) is 0 Å². The molecule has 6 heteroatoms. The highest BCUT2D eigenvalue weighted by Gasteiger charge is 2.18. The van der Waals surface area contributed by atoms with E-state index in [4.69, 9.17) is 0 Å². The molecule has 1 N–H and O–H groups in total. The molecule has 6 nitrogen and oxygen atoms in total. The van der Waals surface area contributed by atoms with Crippen molar-refractivity contribution in [3.05, 3.63) is 17.5 Å². The van der Waals surface area contributed by atoms with E-state index in [9.17, 15) is 4.79 Å². The fraction of sp³-hybridized carbons (Fsp3) is 0.692. The number of aryl methyl sites for hydroxylation is 2. The van der Waals surface area contributed by atoms with E-state index in [0.29, 0.717) is 5.56 Å². The number of rotatable bonds is 4. The second-order valence-corrected chi connectivity index (χ2v) is 5.12. The number of aromatic nitrogens is 2. The normalized spacial score (nSPS) is 16.6. The van der Waals surface area contributed by atoms with Gasteiger partial charge in [-0.3, -0.25) is 14.4 Å². The van der Waals surface area contributed by atoms with Gasteiger partial charge >= 0.3 is 0 Å². The molecule has 0 spiro atoms. The third-order valence-electron chi connectivity index (χ3n) is 3.55. The largest absolute Gasteiger partial charge is 0.340 e. The van der Waals surface area contributed by atoms with Gasteiger partial charge in [-0.2, -0.15) is 5.10 Å². The lowest BCUT2D eigenvalue weighted by Gasteiger charge is -2.29. The smallest absolute Gasteiger partial charge is 0.257 e. The molecule has 2 rings (SSSR count). The fourth-order valence-electron chi connectivity index (χ4n) is 2.34. The van der Waals surface area contributed by atoms with E-state index in [1.165, 1.54) is 0 Å². The van der Waals surface area contributed by atoms with Crippen LogP contribution in [0.5, 0.6) is 0 Å². The second kappa shape index (κ2) is 6.16. The number of nitrogens with zero attached hydrogens (tertiary/aromatic N) is 4. The molecule has 0 saturated carbocycles. The average Bonchev–Trinajstić information content (AvgIpc) is 2.75. The molecule has 1 aliphatic heterocycles. The number of piperazine rings is 1. The van der Waals surface area contributed by atoms with E-state index in [1.54, 1.807) is 15.8 Å². The molecule has 0 unspecified atom stereocenters. The number of amides is 1. The maximum Gasteiger partial charge on any atom is 0.257 e. The van der Waals surface area contributed by atoms with E-state index >= 15 is 0 Å². The van der Waals surface area contributed by atoms with Crippen molar-refractivity contribution < 1.29 is 4.79 Å². The van der Waals surface area contributed by atoms with Gasteiger partial charge in [0.05, 0.1) is 11.3 Å². The van der Waals surface area contributed by atoms with Crippen LogP contribution in [0.1, 0.15) is 16.1 Å². The highest BCUT2D eigenvalue weighted by molar-refractivity contribution is 5.94. The summed E-state index contributed by atoms with van der Waals surface area (Å²) in [5.41, 5.74) is 1.49. The van der Waals surface area contributed by atoms with Gasteiger partial charge in [-0.15, -0.1) is 0 Å². The third-order valence-corrected chi connectivity index (χ3v) is 3.55. The first-order valence-electron chi connectivity index (χ1n) is 6.76. The summed E-state index contributed by atoms with van der Waals surface area (Å²) in [6, 6.07) is 0. The zero-order chi connectivity index (χ0) is 13.8. The molecule has 0 bridgehead atoms. The molecular weight excluding hydrogens is 242 g/mol. The van der Waals surface area contributed by atoms with Crippen LogP contribution in [0.15, 0.2) is 6.20 Å². The Morgan fingerprint density at radius 1 is 1.47 bits per heavy atom. The number of carbonyl (C=O) groups is 1. The van der Waals surface area contributed by atoms with Gasteiger partial charge in [0.1, 0.15) is 0 Å². The summed E-state index contributed by atoms with van der Waals surface area (Å²) >= 11 is 0. The maximum atomic E-state index is 12.3. The highest BCUT2D eigenvalue weighted by atomic mass is 16.2. The highest BCUT2D eigenvalue weighted by Crippen LogP contribution is 2.08.